The Balaban J connectivity index is 1.79. The normalized spacial score (nSPS) is 12.3. The van der Waals surface area contributed by atoms with E-state index < -0.39 is 5.91 Å². The lowest BCUT2D eigenvalue weighted by Crippen LogP contribution is -2.24. The minimum Gasteiger partial charge on any atom is -0.320 e. The van der Waals surface area contributed by atoms with E-state index in [1.54, 1.807) is 42.5 Å². The van der Waals surface area contributed by atoms with Crippen LogP contribution in [0.4, 0.5) is 5.69 Å². The third-order valence-electron chi connectivity index (χ3n) is 4.00. The second kappa shape index (κ2) is 5.76. The molecule has 0 atom stereocenters. The smallest absolute Gasteiger partial charge is 0.275 e. The average Bonchev–Trinajstić information content (AvgIpc) is 2.66. The minimum absolute atomic E-state index is 0.120. The first-order valence-corrected chi connectivity index (χ1v) is 7.55. The molecule has 4 rings (SSSR count). The molecule has 1 aliphatic rings. The molecule has 0 saturated carbocycles. The van der Waals surface area contributed by atoms with Gasteiger partial charge in [-0.15, -0.1) is 0 Å². The van der Waals surface area contributed by atoms with Crippen LogP contribution in [0.3, 0.4) is 0 Å². The molecule has 0 saturated heterocycles. The molecular weight excluding hydrogens is 318 g/mol. The summed E-state index contributed by atoms with van der Waals surface area (Å²) >= 11 is 0. The average molecular weight is 329 g/mol. The lowest BCUT2D eigenvalue weighted by atomic mass is 9.83. The first-order chi connectivity index (χ1) is 12.2. The maximum Gasteiger partial charge on any atom is 0.275 e. The molecule has 120 valence electrons. The summed E-state index contributed by atoms with van der Waals surface area (Å²) in [6, 6.07) is 11.5. The molecule has 0 spiro atoms. The maximum atomic E-state index is 12.9. The topological polar surface area (TPSA) is 89.0 Å². The SMILES string of the molecule is O=C(Nc1cccc2c1C(=O)c1ccccc1C2=O)c1cnccn1. The zero-order valence-corrected chi connectivity index (χ0v) is 12.9. The number of benzene rings is 2. The second-order valence-corrected chi connectivity index (χ2v) is 5.48. The quantitative estimate of drug-likeness (QED) is 0.610. The van der Waals surface area contributed by atoms with Crippen molar-refractivity contribution in [3.8, 4) is 0 Å². The Labute approximate surface area is 142 Å². The molecule has 1 amide bonds. The van der Waals surface area contributed by atoms with Gasteiger partial charge in [0, 0.05) is 29.1 Å². The molecule has 2 aromatic carbocycles. The number of carbonyl (C=O) groups excluding carboxylic acids is 3. The van der Waals surface area contributed by atoms with E-state index in [0.29, 0.717) is 11.1 Å². The molecule has 1 heterocycles. The van der Waals surface area contributed by atoms with Crippen molar-refractivity contribution in [1.29, 1.82) is 0 Å². The molecule has 0 aliphatic heterocycles. The Morgan fingerprint density at radius 1 is 0.840 bits per heavy atom. The number of hydrogen-bond acceptors (Lipinski definition) is 5. The molecule has 1 aromatic heterocycles. The molecule has 1 N–H and O–H groups in total. The van der Waals surface area contributed by atoms with Crippen molar-refractivity contribution in [3.05, 3.63) is 89.0 Å². The van der Waals surface area contributed by atoms with E-state index in [-0.39, 0.29) is 34.1 Å². The molecule has 3 aromatic rings. The second-order valence-electron chi connectivity index (χ2n) is 5.48. The molecule has 0 fully saturated rings. The Morgan fingerprint density at radius 3 is 2.28 bits per heavy atom. The molecule has 0 bridgehead atoms. The predicted octanol–water partition coefficient (Wildman–Crippen LogP) is 2.50. The van der Waals surface area contributed by atoms with Crippen LogP contribution in [0.15, 0.2) is 61.1 Å². The lowest BCUT2D eigenvalue weighted by Gasteiger charge is -2.20. The number of anilines is 1. The van der Waals surface area contributed by atoms with Gasteiger partial charge >= 0.3 is 0 Å². The van der Waals surface area contributed by atoms with Crippen molar-refractivity contribution in [2.45, 2.75) is 0 Å². The maximum absolute atomic E-state index is 12.9. The zero-order valence-electron chi connectivity index (χ0n) is 12.9. The number of amides is 1. The zero-order chi connectivity index (χ0) is 17.4. The van der Waals surface area contributed by atoms with E-state index in [2.05, 4.69) is 15.3 Å². The van der Waals surface area contributed by atoms with Crippen LogP contribution < -0.4 is 5.32 Å². The lowest BCUT2D eigenvalue weighted by molar-refractivity contribution is 0.0978. The van der Waals surface area contributed by atoms with Crippen LogP contribution >= 0.6 is 0 Å². The van der Waals surface area contributed by atoms with Crippen molar-refractivity contribution >= 4 is 23.2 Å². The largest absolute Gasteiger partial charge is 0.320 e. The van der Waals surface area contributed by atoms with Crippen molar-refractivity contribution in [3.63, 3.8) is 0 Å². The highest BCUT2D eigenvalue weighted by Gasteiger charge is 2.31. The van der Waals surface area contributed by atoms with E-state index in [4.69, 9.17) is 0 Å². The number of fused-ring (bicyclic) bond motifs is 2. The number of ketones is 2. The van der Waals surface area contributed by atoms with Crippen LogP contribution in [0.2, 0.25) is 0 Å². The number of rotatable bonds is 2. The summed E-state index contributed by atoms with van der Waals surface area (Å²) in [5.41, 5.74) is 1.58. The third kappa shape index (κ3) is 2.40. The van der Waals surface area contributed by atoms with Gasteiger partial charge in [0.15, 0.2) is 11.6 Å². The van der Waals surface area contributed by atoms with E-state index in [1.807, 2.05) is 0 Å². The molecule has 6 heteroatoms. The van der Waals surface area contributed by atoms with Crippen molar-refractivity contribution in [2.24, 2.45) is 0 Å². The van der Waals surface area contributed by atoms with E-state index in [0.717, 1.165) is 0 Å². The third-order valence-corrected chi connectivity index (χ3v) is 4.00. The van der Waals surface area contributed by atoms with E-state index in [9.17, 15) is 14.4 Å². The molecule has 1 aliphatic carbocycles. The predicted molar refractivity (Wildman–Crippen MR) is 89.7 cm³/mol. The van der Waals surface area contributed by atoms with Crippen molar-refractivity contribution in [2.75, 3.05) is 5.32 Å². The molecule has 0 unspecified atom stereocenters. The molecule has 0 radical (unpaired) electrons. The fraction of sp³-hybridized carbons (Fsp3) is 0. The van der Waals surface area contributed by atoms with Gasteiger partial charge in [-0.3, -0.25) is 19.4 Å². The standard InChI is InChI=1S/C19H11N3O3/c23-17-11-4-1-2-5-12(11)18(24)16-13(17)6-3-7-14(16)22-19(25)15-10-20-8-9-21-15/h1-10H,(H,22,25). The Hall–Kier alpha value is -3.67. The summed E-state index contributed by atoms with van der Waals surface area (Å²) in [5.74, 6) is -1.03. The van der Waals surface area contributed by atoms with Gasteiger partial charge in [0.05, 0.1) is 17.4 Å². The van der Waals surface area contributed by atoms with Crippen LogP contribution in [-0.4, -0.2) is 27.4 Å². The van der Waals surface area contributed by atoms with Gasteiger partial charge < -0.3 is 5.32 Å². The van der Waals surface area contributed by atoms with Crippen LogP contribution in [0.5, 0.6) is 0 Å². The molecule has 25 heavy (non-hydrogen) atoms. The number of carbonyl (C=O) groups is 3. The first kappa shape index (κ1) is 14.9. The summed E-state index contributed by atoms with van der Waals surface area (Å²) < 4.78 is 0. The van der Waals surface area contributed by atoms with Crippen LogP contribution in [0, 0.1) is 0 Å². The van der Waals surface area contributed by atoms with Gasteiger partial charge in [-0.05, 0) is 6.07 Å². The van der Waals surface area contributed by atoms with Crippen LogP contribution in [0.25, 0.3) is 0 Å². The van der Waals surface area contributed by atoms with Gasteiger partial charge in [0.2, 0.25) is 0 Å². The van der Waals surface area contributed by atoms with Gasteiger partial charge in [0.25, 0.3) is 5.91 Å². The first-order valence-electron chi connectivity index (χ1n) is 7.55. The summed E-state index contributed by atoms with van der Waals surface area (Å²) in [6.07, 6.45) is 4.19. The van der Waals surface area contributed by atoms with Crippen molar-refractivity contribution in [1.82, 2.24) is 9.97 Å². The summed E-state index contributed by atoms with van der Waals surface area (Å²) in [5, 5.41) is 2.65. The highest BCUT2D eigenvalue weighted by molar-refractivity contribution is 6.30. The Kier molecular flexibility index (Phi) is 3.43. The van der Waals surface area contributed by atoms with Gasteiger partial charge in [0.1, 0.15) is 5.69 Å². The number of nitrogens with one attached hydrogen (secondary N) is 1. The Bertz CT molecular complexity index is 1030. The minimum atomic E-state index is -0.499. The molecule has 6 nitrogen and oxygen atoms in total. The summed E-state index contributed by atoms with van der Waals surface area (Å²) in [4.78, 5) is 45.6. The highest BCUT2D eigenvalue weighted by Crippen LogP contribution is 2.32. The van der Waals surface area contributed by atoms with Gasteiger partial charge in [-0.1, -0.05) is 36.4 Å². The van der Waals surface area contributed by atoms with E-state index in [1.165, 1.54) is 18.6 Å². The number of hydrogen-bond donors (Lipinski definition) is 1. The van der Waals surface area contributed by atoms with Gasteiger partial charge in [-0.2, -0.15) is 0 Å². The summed E-state index contributed by atoms with van der Waals surface area (Å²) in [6.45, 7) is 0. The van der Waals surface area contributed by atoms with E-state index >= 15 is 0 Å². The van der Waals surface area contributed by atoms with Crippen LogP contribution in [0.1, 0.15) is 42.3 Å². The monoisotopic (exact) mass is 329 g/mol. The molecular formula is C19H11N3O3. The summed E-state index contributed by atoms with van der Waals surface area (Å²) in [7, 11) is 0. The fourth-order valence-electron chi connectivity index (χ4n) is 2.85. The van der Waals surface area contributed by atoms with Gasteiger partial charge in [-0.25, -0.2) is 4.98 Å². The Morgan fingerprint density at radius 2 is 1.56 bits per heavy atom. The fourth-order valence-corrected chi connectivity index (χ4v) is 2.85. The van der Waals surface area contributed by atoms with Crippen molar-refractivity contribution < 1.29 is 14.4 Å². The van der Waals surface area contributed by atoms with Crippen LogP contribution in [-0.2, 0) is 0 Å². The number of aromatic nitrogens is 2. The number of nitrogens with zero attached hydrogens (tertiary/aromatic N) is 2. The highest BCUT2D eigenvalue weighted by atomic mass is 16.2.